The number of nitrogens with one attached hydrogen (secondary N) is 1. The van der Waals surface area contributed by atoms with Crippen molar-refractivity contribution in [1.29, 1.82) is 0 Å². The first-order chi connectivity index (χ1) is 5.21. The smallest absolute Gasteiger partial charge is 0.0651 e. The Labute approximate surface area is 69.3 Å². The normalized spacial score (nSPS) is 32.7. The highest BCUT2D eigenvalue weighted by molar-refractivity contribution is 4.91. The molecule has 11 heavy (non-hydrogen) atoms. The summed E-state index contributed by atoms with van der Waals surface area (Å²) >= 11 is 0. The highest BCUT2D eigenvalue weighted by Gasteiger charge is 2.33. The third kappa shape index (κ3) is 1.74. The fourth-order valence-electron chi connectivity index (χ4n) is 1.68. The van der Waals surface area contributed by atoms with Crippen LogP contribution >= 0.6 is 0 Å². The Hall–Kier alpha value is -0.0800. The summed E-state index contributed by atoms with van der Waals surface area (Å²) < 4.78 is 5.48. The molecule has 1 heterocycles. The predicted molar refractivity (Wildman–Crippen MR) is 46.7 cm³/mol. The van der Waals surface area contributed by atoms with Gasteiger partial charge in [0.1, 0.15) is 0 Å². The molecule has 0 saturated carbocycles. The van der Waals surface area contributed by atoms with Gasteiger partial charge in [0.25, 0.3) is 0 Å². The van der Waals surface area contributed by atoms with E-state index in [0.29, 0.717) is 5.92 Å². The number of ether oxygens (including phenoxy) is 1. The summed E-state index contributed by atoms with van der Waals surface area (Å²) in [7, 11) is 0. The van der Waals surface area contributed by atoms with Crippen LogP contribution in [0.2, 0.25) is 0 Å². The van der Waals surface area contributed by atoms with Gasteiger partial charge in [-0.1, -0.05) is 20.8 Å². The SMILES string of the molecule is CCC1(C(C)C)COCCN1. The lowest BCUT2D eigenvalue weighted by atomic mass is 9.84. The zero-order chi connectivity index (χ0) is 8.32. The molecule has 0 bridgehead atoms. The summed E-state index contributed by atoms with van der Waals surface area (Å²) in [5.41, 5.74) is 0.248. The van der Waals surface area contributed by atoms with Crippen molar-refractivity contribution >= 4 is 0 Å². The molecule has 66 valence electrons. The van der Waals surface area contributed by atoms with E-state index in [9.17, 15) is 0 Å². The highest BCUT2D eigenvalue weighted by atomic mass is 16.5. The number of hydrogen-bond donors (Lipinski definition) is 1. The molecule has 0 aromatic carbocycles. The summed E-state index contributed by atoms with van der Waals surface area (Å²) in [5, 5.41) is 3.56. The zero-order valence-corrected chi connectivity index (χ0v) is 7.81. The van der Waals surface area contributed by atoms with Crippen LogP contribution in [0.15, 0.2) is 0 Å². The van der Waals surface area contributed by atoms with Gasteiger partial charge in [0.05, 0.1) is 13.2 Å². The molecule has 1 aliphatic heterocycles. The second kappa shape index (κ2) is 3.55. The molecule has 0 aliphatic carbocycles. The van der Waals surface area contributed by atoms with Crippen molar-refractivity contribution in [2.24, 2.45) is 5.92 Å². The van der Waals surface area contributed by atoms with Gasteiger partial charge in [0.2, 0.25) is 0 Å². The molecule has 0 radical (unpaired) electrons. The molecule has 1 fully saturated rings. The van der Waals surface area contributed by atoms with E-state index in [4.69, 9.17) is 4.74 Å². The largest absolute Gasteiger partial charge is 0.378 e. The zero-order valence-electron chi connectivity index (χ0n) is 7.81. The van der Waals surface area contributed by atoms with E-state index >= 15 is 0 Å². The fraction of sp³-hybridized carbons (Fsp3) is 1.00. The quantitative estimate of drug-likeness (QED) is 0.654. The van der Waals surface area contributed by atoms with Crippen LogP contribution in [0.5, 0.6) is 0 Å². The van der Waals surface area contributed by atoms with Gasteiger partial charge in [-0.15, -0.1) is 0 Å². The monoisotopic (exact) mass is 157 g/mol. The maximum atomic E-state index is 5.48. The van der Waals surface area contributed by atoms with Gasteiger partial charge in [-0.3, -0.25) is 0 Å². The van der Waals surface area contributed by atoms with Crippen molar-refractivity contribution in [3.05, 3.63) is 0 Å². The third-order valence-electron chi connectivity index (χ3n) is 2.82. The van der Waals surface area contributed by atoms with Crippen LogP contribution in [0.3, 0.4) is 0 Å². The molecular formula is C9H19NO. The average Bonchev–Trinajstić information content (AvgIpc) is 2.05. The van der Waals surface area contributed by atoms with Gasteiger partial charge < -0.3 is 10.1 Å². The second-order valence-corrected chi connectivity index (χ2v) is 3.64. The van der Waals surface area contributed by atoms with Crippen LogP contribution < -0.4 is 5.32 Å². The Balaban J connectivity index is 2.57. The molecule has 0 aromatic rings. The maximum absolute atomic E-state index is 5.48. The highest BCUT2D eigenvalue weighted by Crippen LogP contribution is 2.23. The molecule has 0 amide bonds. The average molecular weight is 157 g/mol. The van der Waals surface area contributed by atoms with Crippen LogP contribution in [0.4, 0.5) is 0 Å². The number of hydrogen-bond acceptors (Lipinski definition) is 2. The van der Waals surface area contributed by atoms with Crippen LogP contribution in [0.25, 0.3) is 0 Å². The molecule has 1 saturated heterocycles. The molecule has 1 N–H and O–H groups in total. The summed E-state index contributed by atoms with van der Waals surface area (Å²) in [4.78, 5) is 0. The van der Waals surface area contributed by atoms with Crippen molar-refractivity contribution in [2.45, 2.75) is 32.7 Å². The molecule has 2 nitrogen and oxygen atoms in total. The Morgan fingerprint density at radius 2 is 2.27 bits per heavy atom. The van der Waals surface area contributed by atoms with E-state index < -0.39 is 0 Å². The van der Waals surface area contributed by atoms with Crippen LogP contribution in [-0.2, 0) is 4.74 Å². The van der Waals surface area contributed by atoms with Gasteiger partial charge in [0, 0.05) is 12.1 Å². The van der Waals surface area contributed by atoms with Gasteiger partial charge in [0.15, 0.2) is 0 Å². The minimum atomic E-state index is 0.248. The summed E-state index contributed by atoms with van der Waals surface area (Å²) in [6.07, 6.45) is 1.16. The van der Waals surface area contributed by atoms with Gasteiger partial charge in [-0.25, -0.2) is 0 Å². The molecular weight excluding hydrogens is 138 g/mol. The van der Waals surface area contributed by atoms with Gasteiger partial charge in [-0.05, 0) is 12.3 Å². The van der Waals surface area contributed by atoms with E-state index in [1.165, 1.54) is 0 Å². The van der Waals surface area contributed by atoms with E-state index in [1.807, 2.05) is 0 Å². The molecule has 1 atom stereocenters. The lowest BCUT2D eigenvalue weighted by molar-refractivity contribution is 0.00305. The van der Waals surface area contributed by atoms with Gasteiger partial charge in [-0.2, -0.15) is 0 Å². The van der Waals surface area contributed by atoms with E-state index in [1.54, 1.807) is 0 Å². The lowest BCUT2D eigenvalue weighted by Gasteiger charge is -2.40. The first kappa shape index (κ1) is 9.01. The molecule has 1 unspecified atom stereocenters. The number of morpholine rings is 1. The standard InChI is InChI=1S/C9H19NO/c1-4-9(8(2)3)7-11-6-5-10-9/h8,10H,4-7H2,1-3H3. The summed E-state index contributed by atoms with van der Waals surface area (Å²) in [5.74, 6) is 0.660. The molecule has 0 spiro atoms. The van der Waals surface area contributed by atoms with Crippen LogP contribution in [0, 0.1) is 5.92 Å². The Morgan fingerprint density at radius 1 is 1.55 bits per heavy atom. The Kier molecular flexibility index (Phi) is 2.90. The summed E-state index contributed by atoms with van der Waals surface area (Å²) in [6, 6.07) is 0. The first-order valence-electron chi connectivity index (χ1n) is 4.54. The lowest BCUT2D eigenvalue weighted by Crippen LogP contribution is -2.57. The molecule has 0 aromatic heterocycles. The van der Waals surface area contributed by atoms with E-state index in [0.717, 1.165) is 26.2 Å². The first-order valence-corrected chi connectivity index (χ1v) is 4.54. The van der Waals surface area contributed by atoms with Gasteiger partial charge >= 0.3 is 0 Å². The van der Waals surface area contributed by atoms with E-state index in [2.05, 4.69) is 26.1 Å². The minimum absolute atomic E-state index is 0.248. The van der Waals surface area contributed by atoms with Crippen molar-refractivity contribution < 1.29 is 4.74 Å². The van der Waals surface area contributed by atoms with E-state index in [-0.39, 0.29) is 5.54 Å². The minimum Gasteiger partial charge on any atom is -0.378 e. The molecule has 2 heteroatoms. The van der Waals surface area contributed by atoms with Crippen molar-refractivity contribution in [2.75, 3.05) is 19.8 Å². The fourth-order valence-corrected chi connectivity index (χ4v) is 1.68. The van der Waals surface area contributed by atoms with Crippen molar-refractivity contribution in [1.82, 2.24) is 5.32 Å². The second-order valence-electron chi connectivity index (χ2n) is 3.64. The maximum Gasteiger partial charge on any atom is 0.0651 e. The third-order valence-corrected chi connectivity index (χ3v) is 2.82. The number of rotatable bonds is 2. The predicted octanol–water partition coefficient (Wildman–Crippen LogP) is 1.41. The van der Waals surface area contributed by atoms with Crippen molar-refractivity contribution in [3.8, 4) is 0 Å². The van der Waals surface area contributed by atoms with Crippen LogP contribution in [0.1, 0.15) is 27.2 Å². The summed E-state index contributed by atoms with van der Waals surface area (Å²) in [6.45, 7) is 9.49. The van der Waals surface area contributed by atoms with Crippen LogP contribution in [-0.4, -0.2) is 25.3 Å². The Bertz CT molecular complexity index is 117. The molecule has 1 aliphatic rings. The van der Waals surface area contributed by atoms with Crippen molar-refractivity contribution in [3.63, 3.8) is 0 Å². The topological polar surface area (TPSA) is 21.3 Å². The Morgan fingerprint density at radius 3 is 2.55 bits per heavy atom. The molecule has 1 rings (SSSR count).